The Morgan fingerprint density at radius 1 is 0.419 bits per heavy atom. The highest BCUT2D eigenvalue weighted by Crippen LogP contribution is 2.17. The molecule has 0 spiro atoms. The molecule has 0 N–H and O–H groups in total. The molecule has 0 saturated heterocycles. The van der Waals surface area contributed by atoms with Gasteiger partial charge in [0.25, 0.3) is 0 Å². The van der Waals surface area contributed by atoms with Crippen LogP contribution in [-0.4, -0.2) is 19.9 Å². The van der Waals surface area contributed by atoms with Crippen molar-refractivity contribution < 1.29 is 0 Å². The molecule has 5 aromatic rings. The van der Waals surface area contributed by atoms with Gasteiger partial charge >= 0.3 is 0 Å². The molecule has 0 radical (unpaired) electrons. The molecule has 4 nitrogen and oxygen atoms in total. The van der Waals surface area contributed by atoms with E-state index in [2.05, 4.69) is 85.7 Å². The van der Waals surface area contributed by atoms with Gasteiger partial charge in [-0.25, -0.2) is 4.98 Å². The first kappa shape index (κ1) is 43.8. The van der Waals surface area contributed by atoms with Crippen molar-refractivity contribution in [2.45, 2.75) is 116 Å². The molecular formula is C39H62N4. The third kappa shape index (κ3) is 16.0. The molecule has 3 aromatic heterocycles. The van der Waals surface area contributed by atoms with Crippen LogP contribution in [0.2, 0.25) is 0 Å². The maximum absolute atomic E-state index is 4.57. The van der Waals surface area contributed by atoms with Crippen molar-refractivity contribution >= 4 is 21.9 Å². The van der Waals surface area contributed by atoms with Gasteiger partial charge in [-0.05, 0) is 54.2 Å². The lowest BCUT2D eigenvalue weighted by atomic mass is 10.1. The first-order chi connectivity index (χ1) is 19.8. The van der Waals surface area contributed by atoms with Gasteiger partial charge in [0.15, 0.2) is 0 Å². The summed E-state index contributed by atoms with van der Waals surface area (Å²) >= 11 is 0. The Morgan fingerprint density at radius 3 is 1.37 bits per heavy atom. The van der Waals surface area contributed by atoms with Crippen molar-refractivity contribution in [1.29, 1.82) is 0 Å². The number of hydrogen-bond acceptors (Lipinski definition) is 4. The predicted octanol–water partition coefficient (Wildman–Crippen LogP) is 12.7. The summed E-state index contributed by atoms with van der Waals surface area (Å²) in [7, 11) is 0. The lowest BCUT2D eigenvalue weighted by molar-refractivity contribution is 0.822. The Morgan fingerprint density at radius 2 is 0.884 bits per heavy atom. The summed E-state index contributed by atoms with van der Waals surface area (Å²) in [6, 6.07) is 26.4. The minimum Gasteiger partial charge on any atom is -0.261 e. The van der Waals surface area contributed by atoms with Crippen LogP contribution in [0, 0.1) is 0 Å². The Hall–Kier alpha value is -3.66. The van der Waals surface area contributed by atoms with Gasteiger partial charge in [0.05, 0.1) is 22.2 Å². The van der Waals surface area contributed by atoms with E-state index >= 15 is 0 Å². The van der Waals surface area contributed by atoms with Crippen LogP contribution in [-0.2, 0) is 0 Å². The van der Waals surface area contributed by atoms with Gasteiger partial charge < -0.3 is 0 Å². The van der Waals surface area contributed by atoms with Crippen LogP contribution in [0.5, 0.6) is 0 Å². The summed E-state index contributed by atoms with van der Waals surface area (Å²) < 4.78 is 0. The number of para-hydroxylation sites is 3. The van der Waals surface area contributed by atoms with E-state index in [0.29, 0.717) is 17.8 Å². The highest BCUT2D eigenvalue weighted by molar-refractivity contribution is 5.78. The molecule has 0 atom stereocenters. The molecule has 0 unspecified atom stereocenters. The lowest BCUT2D eigenvalue weighted by Crippen LogP contribution is -1.94. The molecule has 43 heavy (non-hydrogen) atoms. The monoisotopic (exact) mass is 586 g/mol. The highest BCUT2D eigenvalue weighted by atomic mass is 14.8. The standard InChI is InChI=1S/C12H13N.C11H12N2.C8H11N.3C2H6.2CH4/c1-9(2)11-8-7-10-5-3-4-6-12(10)13-11;1-8(2)11-7-12-9-5-3-4-6-10(9)13-11;1-7(2)8-5-3-4-6-9-8;3*1-2;;/h3-9H,1-2H3;3-8H,1-2H3;3-7H,1-2H3;3*1-2H3;2*1H4. The van der Waals surface area contributed by atoms with Crippen LogP contribution < -0.4 is 0 Å². The Bertz CT molecular complexity index is 1250. The fraction of sp³-hybridized carbons (Fsp3) is 0.436. The van der Waals surface area contributed by atoms with E-state index in [1.807, 2.05) is 109 Å². The fourth-order valence-electron chi connectivity index (χ4n) is 3.37. The number of nitrogens with zero attached hydrogens (tertiary/aromatic N) is 4. The first-order valence-corrected chi connectivity index (χ1v) is 15.3. The van der Waals surface area contributed by atoms with Crippen LogP contribution in [0.4, 0.5) is 0 Å². The van der Waals surface area contributed by atoms with Crippen molar-refractivity contribution in [2.75, 3.05) is 0 Å². The van der Waals surface area contributed by atoms with E-state index in [9.17, 15) is 0 Å². The minimum atomic E-state index is 0. The molecule has 0 aliphatic carbocycles. The van der Waals surface area contributed by atoms with Gasteiger partial charge in [-0.1, -0.05) is 140 Å². The number of rotatable bonds is 3. The second kappa shape index (κ2) is 26.0. The van der Waals surface area contributed by atoms with E-state index in [-0.39, 0.29) is 14.9 Å². The third-order valence-electron chi connectivity index (χ3n) is 5.55. The number of benzene rings is 2. The first-order valence-electron chi connectivity index (χ1n) is 15.3. The zero-order valence-corrected chi connectivity index (χ0v) is 27.7. The number of aromatic nitrogens is 4. The molecule has 0 fully saturated rings. The smallest absolute Gasteiger partial charge is 0.0890 e. The second-order valence-electron chi connectivity index (χ2n) is 9.43. The largest absolute Gasteiger partial charge is 0.261 e. The predicted molar refractivity (Wildman–Crippen MR) is 195 cm³/mol. The normalized spacial score (nSPS) is 9.19. The summed E-state index contributed by atoms with van der Waals surface area (Å²) in [4.78, 5) is 17.6. The molecule has 4 heteroatoms. The highest BCUT2D eigenvalue weighted by Gasteiger charge is 2.02. The van der Waals surface area contributed by atoms with Gasteiger partial charge in [-0.2, -0.15) is 0 Å². The number of fused-ring (bicyclic) bond motifs is 2. The van der Waals surface area contributed by atoms with Gasteiger partial charge in [-0.15, -0.1) is 0 Å². The van der Waals surface area contributed by atoms with Crippen molar-refractivity contribution in [3.8, 4) is 0 Å². The molecule has 5 rings (SSSR count). The Labute approximate surface area is 265 Å². The summed E-state index contributed by atoms with van der Waals surface area (Å²) in [5.41, 5.74) is 6.42. The van der Waals surface area contributed by atoms with E-state index < -0.39 is 0 Å². The lowest BCUT2D eigenvalue weighted by Gasteiger charge is -2.04. The maximum atomic E-state index is 4.57. The quantitative estimate of drug-likeness (QED) is 0.211. The third-order valence-corrected chi connectivity index (χ3v) is 5.55. The summed E-state index contributed by atoms with van der Waals surface area (Å²) in [6.45, 7) is 24.9. The summed E-state index contributed by atoms with van der Waals surface area (Å²) in [5.74, 6) is 1.49. The van der Waals surface area contributed by atoms with Gasteiger partial charge in [0, 0.05) is 29.2 Å². The molecule has 238 valence electrons. The molecule has 0 aliphatic rings. The van der Waals surface area contributed by atoms with Crippen molar-refractivity contribution in [2.24, 2.45) is 0 Å². The Kier molecular flexibility index (Phi) is 26.5. The summed E-state index contributed by atoms with van der Waals surface area (Å²) in [5, 5.41) is 1.21. The molecule has 0 aliphatic heterocycles. The van der Waals surface area contributed by atoms with Crippen LogP contribution >= 0.6 is 0 Å². The zero-order chi connectivity index (χ0) is 31.2. The maximum Gasteiger partial charge on any atom is 0.0890 e. The second-order valence-corrected chi connectivity index (χ2v) is 9.43. The Balaban J connectivity index is -0.000000508. The fourth-order valence-corrected chi connectivity index (χ4v) is 3.37. The van der Waals surface area contributed by atoms with Crippen LogP contribution in [0.3, 0.4) is 0 Å². The van der Waals surface area contributed by atoms with E-state index in [1.54, 1.807) is 0 Å². The summed E-state index contributed by atoms with van der Waals surface area (Å²) in [6.07, 6.45) is 3.68. The molecule has 2 aromatic carbocycles. The average molecular weight is 587 g/mol. The SMILES string of the molecule is C.C.CC.CC.CC.CC(C)c1ccc2ccccc2n1.CC(C)c1ccccn1.CC(C)c1cnc2ccccc2n1. The minimum absolute atomic E-state index is 0. The van der Waals surface area contributed by atoms with Gasteiger partial charge in [-0.3, -0.25) is 15.0 Å². The van der Waals surface area contributed by atoms with Crippen molar-refractivity contribution in [3.63, 3.8) is 0 Å². The number of hydrogen-bond donors (Lipinski definition) is 0. The van der Waals surface area contributed by atoms with E-state index in [1.165, 1.54) is 11.1 Å². The molecule has 0 amide bonds. The zero-order valence-electron chi connectivity index (χ0n) is 27.7. The average Bonchev–Trinajstić information content (AvgIpc) is 3.04. The number of pyridine rings is 2. The van der Waals surface area contributed by atoms with Gasteiger partial charge in [0.1, 0.15) is 0 Å². The molecular weight excluding hydrogens is 524 g/mol. The van der Waals surface area contributed by atoms with E-state index in [0.717, 1.165) is 27.9 Å². The van der Waals surface area contributed by atoms with Crippen LogP contribution in [0.1, 0.15) is 133 Å². The topological polar surface area (TPSA) is 51.6 Å². The molecule has 0 bridgehead atoms. The van der Waals surface area contributed by atoms with Gasteiger partial charge in [0.2, 0.25) is 0 Å². The van der Waals surface area contributed by atoms with E-state index in [4.69, 9.17) is 0 Å². The molecule has 3 heterocycles. The molecule has 0 saturated carbocycles. The van der Waals surface area contributed by atoms with Crippen LogP contribution in [0.25, 0.3) is 21.9 Å². The van der Waals surface area contributed by atoms with Crippen molar-refractivity contribution in [3.05, 3.63) is 108 Å². The van der Waals surface area contributed by atoms with Crippen LogP contribution in [0.15, 0.2) is 91.3 Å². The van der Waals surface area contributed by atoms with Crippen molar-refractivity contribution in [1.82, 2.24) is 19.9 Å².